The molecule has 3 rings (SSSR count). The molecular weight excluding hydrogens is 387 g/mol. The molecule has 0 bridgehead atoms. The van der Waals surface area contributed by atoms with Gasteiger partial charge < -0.3 is 14.2 Å². The minimum Gasteiger partial charge on any atom is -0.497 e. The lowest BCUT2D eigenvalue weighted by Crippen LogP contribution is -2.08. The van der Waals surface area contributed by atoms with Gasteiger partial charge in [-0.25, -0.2) is 9.18 Å². The standard InChI is InChI=1S/C24H19FO5/c1-28-20-12-13-21(23(15-20)29-2)22(26)14-5-16-3-10-19(11-4-16)30-24(27)17-6-8-18(25)9-7-17/h3-15H,1-2H3. The summed E-state index contributed by atoms with van der Waals surface area (Å²) in [5.74, 6) is 0.126. The van der Waals surface area contributed by atoms with Crippen LogP contribution in [0.5, 0.6) is 17.2 Å². The molecule has 0 spiro atoms. The van der Waals surface area contributed by atoms with Crippen LogP contribution in [0.2, 0.25) is 0 Å². The smallest absolute Gasteiger partial charge is 0.343 e. The van der Waals surface area contributed by atoms with E-state index in [0.717, 1.165) is 5.56 Å². The van der Waals surface area contributed by atoms with E-state index < -0.39 is 11.8 Å². The fourth-order valence-corrected chi connectivity index (χ4v) is 2.66. The lowest BCUT2D eigenvalue weighted by molar-refractivity contribution is 0.0734. The first-order valence-corrected chi connectivity index (χ1v) is 9.02. The fourth-order valence-electron chi connectivity index (χ4n) is 2.66. The van der Waals surface area contributed by atoms with Crippen LogP contribution in [0.25, 0.3) is 6.08 Å². The number of hydrogen-bond acceptors (Lipinski definition) is 5. The third kappa shape index (κ3) is 5.11. The van der Waals surface area contributed by atoms with Crippen molar-refractivity contribution in [3.05, 3.63) is 95.3 Å². The predicted octanol–water partition coefficient (Wildman–Crippen LogP) is 4.96. The number of allylic oxidation sites excluding steroid dienone is 1. The molecule has 152 valence electrons. The van der Waals surface area contributed by atoms with Crippen LogP contribution in [0.3, 0.4) is 0 Å². The summed E-state index contributed by atoms with van der Waals surface area (Å²) in [7, 11) is 3.03. The fraction of sp³-hybridized carbons (Fsp3) is 0.0833. The Labute approximate surface area is 173 Å². The van der Waals surface area contributed by atoms with Gasteiger partial charge in [0.1, 0.15) is 23.1 Å². The summed E-state index contributed by atoms with van der Waals surface area (Å²) in [6, 6.07) is 16.7. The number of methoxy groups -OCH3 is 2. The number of ether oxygens (including phenoxy) is 3. The van der Waals surface area contributed by atoms with Crippen molar-refractivity contribution in [1.29, 1.82) is 0 Å². The number of halogens is 1. The van der Waals surface area contributed by atoms with Gasteiger partial charge in [-0.1, -0.05) is 18.2 Å². The third-order valence-corrected chi connectivity index (χ3v) is 4.27. The second-order valence-electron chi connectivity index (χ2n) is 6.23. The van der Waals surface area contributed by atoms with E-state index in [0.29, 0.717) is 22.8 Å². The van der Waals surface area contributed by atoms with Crippen LogP contribution in [0.1, 0.15) is 26.3 Å². The first-order chi connectivity index (χ1) is 14.5. The van der Waals surface area contributed by atoms with Crippen molar-refractivity contribution < 1.29 is 28.2 Å². The summed E-state index contributed by atoms with van der Waals surface area (Å²) in [5.41, 5.74) is 1.41. The summed E-state index contributed by atoms with van der Waals surface area (Å²) in [6.07, 6.45) is 3.08. The second kappa shape index (κ2) is 9.52. The zero-order valence-corrected chi connectivity index (χ0v) is 16.4. The molecule has 0 saturated carbocycles. The van der Waals surface area contributed by atoms with Crippen molar-refractivity contribution in [2.45, 2.75) is 0 Å². The lowest BCUT2D eigenvalue weighted by Gasteiger charge is -2.08. The number of carbonyl (C=O) groups excluding carboxylic acids is 2. The van der Waals surface area contributed by atoms with Crippen molar-refractivity contribution >= 4 is 17.8 Å². The van der Waals surface area contributed by atoms with Gasteiger partial charge in [0, 0.05) is 6.07 Å². The Morgan fingerprint density at radius 1 is 0.833 bits per heavy atom. The summed E-state index contributed by atoms with van der Waals surface area (Å²) in [5, 5.41) is 0. The van der Waals surface area contributed by atoms with Crippen LogP contribution in [0.4, 0.5) is 4.39 Å². The molecule has 30 heavy (non-hydrogen) atoms. The summed E-state index contributed by atoms with van der Waals surface area (Å²) >= 11 is 0. The number of ketones is 1. The highest BCUT2D eigenvalue weighted by molar-refractivity contribution is 6.08. The SMILES string of the molecule is COc1ccc(C(=O)C=Cc2ccc(OC(=O)c3ccc(F)cc3)cc2)c(OC)c1. The number of carbonyl (C=O) groups is 2. The Hall–Kier alpha value is -3.93. The number of rotatable bonds is 7. The molecule has 0 aliphatic rings. The van der Waals surface area contributed by atoms with E-state index in [1.807, 2.05) is 0 Å². The maximum Gasteiger partial charge on any atom is 0.343 e. The van der Waals surface area contributed by atoms with Crippen LogP contribution in [-0.2, 0) is 0 Å². The molecule has 0 atom stereocenters. The predicted molar refractivity (Wildman–Crippen MR) is 111 cm³/mol. The van der Waals surface area contributed by atoms with Crippen LogP contribution >= 0.6 is 0 Å². The van der Waals surface area contributed by atoms with Crippen molar-refractivity contribution in [2.75, 3.05) is 14.2 Å². The molecule has 0 saturated heterocycles. The highest BCUT2D eigenvalue weighted by Gasteiger charge is 2.11. The average Bonchev–Trinajstić information content (AvgIpc) is 2.78. The monoisotopic (exact) mass is 406 g/mol. The lowest BCUT2D eigenvalue weighted by atomic mass is 10.1. The Balaban J connectivity index is 1.66. The number of esters is 1. The molecule has 5 nitrogen and oxygen atoms in total. The zero-order valence-electron chi connectivity index (χ0n) is 16.4. The van der Waals surface area contributed by atoms with Gasteiger partial charge in [-0.15, -0.1) is 0 Å². The van der Waals surface area contributed by atoms with Gasteiger partial charge in [0.25, 0.3) is 0 Å². The normalized spacial score (nSPS) is 10.6. The summed E-state index contributed by atoms with van der Waals surface area (Å²) in [6.45, 7) is 0. The van der Waals surface area contributed by atoms with Gasteiger partial charge in [0.05, 0.1) is 25.3 Å². The van der Waals surface area contributed by atoms with Gasteiger partial charge in [0.2, 0.25) is 0 Å². The molecule has 0 fully saturated rings. The van der Waals surface area contributed by atoms with Crippen LogP contribution < -0.4 is 14.2 Å². The van der Waals surface area contributed by atoms with E-state index in [-0.39, 0.29) is 11.3 Å². The van der Waals surface area contributed by atoms with Gasteiger partial charge in [-0.2, -0.15) is 0 Å². The maximum absolute atomic E-state index is 12.9. The maximum atomic E-state index is 12.9. The molecular formula is C24H19FO5. The van der Waals surface area contributed by atoms with E-state index in [1.165, 1.54) is 44.6 Å². The second-order valence-corrected chi connectivity index (χ2v) is 6.23. The summed E-state index contributed by atoms with van der Waals surface area (Å²) < 4.78 is 28.6. The Morgan fingerprint density at radius 2 is 1.50 bits per heavy atom. The highest BCUT2D eigenvalue weighted by atomic mass is 19.1. The topological polar surface area (TPSA) is 61.8 Å². The van der Waals surface area contributed by atoms with Crippen LogP contribution in [0.15, 0.2) is 72.8 Å². The van der Waals surface area contributed by atoms with Gasteiger partial charge >= 0.3 is 5.97 Å². The average molecular weight is 406 g/mol. The minimum atomic E-state index is -0.583. The van der Waals surface area contributed by atoms with Crippen molar-refractivity contribution in [1.82, 2.24) is 0 Å². The molecule has 3 aromatic rings. The minimum absolute atomic E-state index is 0.221. The van der Waals surface area contributed by atoms with Crippen LogP contribution in [0, 0.1) is 5.82 Å². The van der Waals surface area contributed by atoms with Crippen molar-refractivity contribution in [2.24, 2.45) is 0 Å². The molecule has 0 heterocycles. The molecule has 0 amide bonds. The largest absolute Gasteiger partial charge is 0.497 e. The third-order valence-electron chi connectivity index (χ3n) is 4.27. The van der Waals surface area contributed by atoms with Crippen molar-refractivity contribution in [3.8, 4) is 17.2 Å². The zero-order chi connectivity index (χ0) is 21.5. The quantitative estimate of drug-likeness (QED) is 0.240. The van der Waals surface area contributed by atoms with Gasteiger partial charge in [-0.05, 0) is 60.2 Å². The number of benzene rings is 3. The molecule has 0 radical (unpaired) electrons. The van der Waals surface area contributed by atoms with E-state index in [9.17, 15) is 14.0 Å². The molecule has 0 unspecified atom stereocenters. The molecule has 0 aromatic heterocycles. The number of hydrogen-bond donors (Lipinski definition) is 0. The van der Waals surface area contributed by atoms with Gasteiger partial charge in [-0.3, -0.25) is 4.79 Å². The van der Waals surface area contributed by atoms with Crippen LogP contribution in [-0.4, -0.2) is 26.0 Å². The Morgan fingerprint density at radius 3 is 2.13 bits per heavy atom. The van der Waals surface area contributed by atoms with E-state index in [1.54, 1.807) is 48.5 Å². The molecule has 3 aromatic carbocycles. The molecule has 0 aliphatic carbocycles. The van der Waals surface area contributed by atoms with Crippen molar-refractivity contribution in [3.63, 3.8) is 0 Å². The Kier molecular flexibility index (Phi) is 6.60. The van der Waals surface area contributed by atoms with E-state index in [4.69, 9.17) is 14.2 Å². The summed E-state index contributed by atoms with van der Waals surface area (Å²) in [4.78, 5) is 24.6. The van der Waals surface area contributed by atoms with Gasteiger partial charge in [0.15, 0.2) is 5.78 Å². The molecule has 6 heteroatoms. The first-order valence-electron chi connectivity index (χ1n) is 9.02. The highest BCUT2D eigenvalue weighted by Crippen LogP contribution is 2.25. The van der Waals surface area contributed by atoms with E-state index >= 15 is 0 Å². The molecule has 0 N–H and O–H groups in total. The molecule has 0 aliphatic heterocycles. The van der Waals surface area contributed by atoms with E-state index in [2.05, 4.69) is 0 Å². The first kappa shape index (κ1) is 20.8. The Bertz CT molecular complexity index is 1070.